The quantitative estimate of drug-likeness (QED) is 0.536. The summed E-state index contributed by atoms with van der Waals surface area (Å²) in [6.07, 6.45) is 1.46. The molecule has 0 bridgehead atoms. The van der Waals surface area contributed by atoms with Crippen LogP contribution in [0.5, 0.6) is 0 Å². The van der Waals surface area contributed by atoms with Crippen molar-refractivity contribution in [3.63, 3.8) is 0 Å². The van der Waals surface area contributed by atoms with Crippen LogP contribution in [0.25, 0.3) is 0 Å². The zero-order valence-electron chi connectivity index (χ0n) is 4.89. The number of rotatable bonds is 2. The summed E-state index contributed by atoms with van der Waals surface area (Å²) in [6, 6.07) is 1.84. The van der Waals surface area contributed by atoms with Crippen LogP contribution >= 0.6 is 0 Å². The van der Waals surface area contributed by atoms with Gasteiger partial charge in [-0.15, -0.1) is 6.58 Å². The van der Waals surface area contributed by atoms with Gasteiger partial charge in [0.2, 0.25) is 0 Å². The predicted octanol–water partition coefficient (Wildman–Crippen LogP) is 0.837. The standard InChI is InChI=1S/C6H9NO/c1-3-6(2,8)4-5-7/h3,8H,1,4H2,2H3/t6-/m0/s1. The lowest BCUT2D eigenvalue weighted by Gasteiger charge is -2.11. The van der Waals surface area contributed by atoms with Crippen LogP contribution in [-0.4, -0.2) is 10.7 Å². The van der Waals surface area contributed by atoms with E-state index in [4.69, 9.17) is 10.4 Å². The molecule has 0 rings (SSSR count). The molecule has 8 heavy (non-hydrogen) atoms. The Kier molecular flexibility index (Phi) is 2.23. The summed E-state index contributed by atoms with van der Waals surface area (Å²) < 4.78 is 0. The van der Waals surface area contributed by atoms with E-state index in [1.54, 1.807) is 6.92 Å². The number of nitriles is 1. The molecular formula is C6H9NO. The Morgan fingerprint density at radius 3 is 2.62 bits per heavy atom. The molecule has 0 aromatic rings. The van der Waals surface area contributed by atoms with Gasteiger partial charge in [-0.25, -0.2) is 0 Å². The summed E-state index contributed by atoms with van der Waals surface area (Å²) >= 11 is 0. The van der Waals surface area contributed by atoms with E-state index in [9.17, 15) is 0 Å². The minimum Gasteiger partial charge on any atom is -0.385 e. The molecule has 0 aromatic carbocycles. The smallest absolute Gasteiger partial charge is 0.0926 e. The second-order valence-electron chi connectivity index (χ2n) is 1.90. The molecular weight excluding hydrogens is 102 g/mol. The largest absolute Gasteiger partial charge is 0.385 e. The van der Waals surface area contributed by atoms with Gasteiger partial charge in [-0.05, 0) is 6.92 Å². The molecule has 1 N–H and O–H groups in total. The molecule has 2 heteroatoms. The second kappa shape index (κ2) is 2.49. The molecule has 0 spiro atoms. The molecule has 0 radical (unpaired) electrons. The fraction of sp³-hybridized carbons (Fsp3) is 0.500. The highest BCUT2D eigenvalue weighted by Crippen LogP contribution is 2.07. The molecule has 0 saturated carbocycles. The zero-order chi connectivity index (χ0) is 6.62. The average molecular weight is 111 g/mol. The first-order valence-electron chi connectivity index (χ1n) is 2.35. The van der Waals surface area contributed by atoms with Crippen LogP contribution in [0.4, 0.5) is 0 Å². The summed E-state index contributed by atoms with van der Waals surface area (Å²) in [4.78, 5) is 0. The minimum absolute atomic E-state index is 0.108. The Morgan fingerprint density at radius 1 is 2.00 bits per heavy atom. The lowest BCUT2D eigenvalue weighted by molar-refractivity contribution is 0.117. The van der Waals surface area contributed by atoms with Gasteiger partial charge < -0.3 is 5.11 Å². The molecule has 0 aliphatic carbocycles. The van der Waals surface area contributed by atoms with E-state index in [-0.39, 0.29) is 6.42 Å². The Morgan fingerprint density at radius 2 is 2.50 bits per heavy atom. The van der Waals surface area contributed by atoms with Gasteiger partial charge in [0.05, 0.1) is 18.1 Å². The van der Waals surface area contributed by atoms with Gasteiger partial charge in [-0.2, -0.15) is 5.26 Å². The van der Waals surface area contributed by atoms with Crippen LogP contribution in [0, 0.1) is 11.3 Å². The van der Waals surface area contributed by atoms with Crippen molar-refractivity contribution in [1.82, 2.24) is 0 Å². The maximum absolute atomic E-state index is 8.98. The zero-order valence-corrected chi connectivity index (χ0v) is 4.89. The van der Waals surface area contributed by atoms with Crippen molar-refractivity contribution < 1.29 is 5.11 Å². The minimum atomic E-state index is -1.01. The maximum Gasteiger partial charge on any atom is 0.0926 e. The first-order chi connectivity index (χ1) is 3.62. The van der Waals surface area contributed by atoms with E-state index in [2.05, 4.69) is 6.58 Å². The average Bonchev–Trinajstić information content (AvgIpc) is 1.67. The van der Waals surface area contributed by atoms with E-state index in [0.717, 1.165) is 0 Å². The summed E-state index contributed by atoms with van der Waals surface area (Å²) in [7, 11) is 0. The van der Waals surface area contributed by atoms with Gasteiger partial charge in [0, 0.05) is 0 Å². The molecule has 0 aliphatic heterocycles. The lowest BCUT2D eigenvalue weighted by Crippen LogP contribution is -2.18. The van der Waals surface area contributed by atoms with Crippen molar-refractivity contribution >= 4 is 0 Å². The summed E-state index contributed by atoms with van der Waals surface area (Å²) in [5, 5.41) is 17.1. The molecule has 0 saturated heterocycles. The van der Waals surface area contributed by atoms with Crippen LogP contribution in [0.1, 0.15) is 13.3 Å². The van der Waals surface area contributed by atoms with Gasteiger partial charge in [0.15, 0.2) is 0 Å². The van der Waals surface area contributed by atoms with Crippen molar-refractivity contribution in [3.05, 3.63) is 12.7 Å². The molecule has 0 amide bonds. The Bertz CT molecular complexity index is 121. The first-order valence-corrected chi connectivity index (χ1v) is 2.35. The van der Waals surface area contributed by atoms with E-state index in [1.165, 1.54) is 6.08 Å². The monoisotopic (exact) mass is 111 g/mol. The summed E-state index contributed by atoms with van der Waals surface area (Å²) in [5.41, 5.74) is -1.01. The number of hydrogen-bond acceptors (Lipinski definition) is 2. The summed E-state index contributed by atoms with van der Waals surface area (Å²) in [6.45, 7) is 4.89. The highest BCUT2D eigenvalue weighted by molar-refractivity contribution is 4.97. The van der Waals surface area contributed by atoms with E-state index in [0.29, 0.717) is 0 Å². The summed E-state index contributed by atoms with van der Waals surface area (Å²) in [5.74, 6) is 0. The van der Waals surface area contributed by atoms with Crippen molar-refractivity contribution in [2.24, 2.45) is 0 Å². The Balaban J connectivity index is 3.76. The second-order valence-corrected chi connectivity index (χ2v) is 1.90. The van der Waals surface area contributed by atoms with E-state index < -0.39 is 5.60 Å². The Hall–Kier alpha value is -0.810. The van der Waals surface area contributed by atoms with Crippen molar-refractivity contribution in [2.75, 3.05) is 0 Å². The Labute approximate surface area is 49.1 Å². The topological polar surface area (TPSA) is 44.0 Å². The van der Waals surface area contributed by atoms with E-state index in [1.807, 2.05) is 6.07 Å². The molecule has 44 valence electrons. The van der Waals surface area contributed by atoms with Crippen LogP contribution < -0.4 is 0 Å². The number of aliphatic hydroxyl groups is 1. The maximum atomic E-state index is 8.98. The fourth-order valence-electron chi connectivity index (χ4n) is 0.232. The van der Waals surface area contributed by atoms with Gasteiger partial charge in [-0.1, -0.05) is 6.08 Å². The van der Waals surface area contributed by atoms with Crippen LogP contribution in [-0.2, 0) is 0 Å². The lowest BCUT2D eigenvalue weighted by atomic mass is 10.0. The van der Waals surface area contributed by atoms with Gasteiger partial charge >= 0.3 is 0 Å². The SMILES string of the molecule is C=C[C@](C)(O)CC#N. The molecule has 0 unspecified atom stereocenters. The van der Waals surface area contributed by atoms with Crippen molar-refractivity contribution in [2.45, 2.75) is 18.9 Å². The van der Waals surface area contributed by atoms with Crippen LogP contribution in [0.2, 0.25) is 0 Å². The molecule has 0 aliphatic rings. The molecule has 0 aromatic heterocycles. The highest BCUT2D eigenvalue weighted by Gasteiger charge is 2.12. The van der Waals surface area contributed by atoms with Gasteiger partial charge in [0.25, 0.3) is 0 Å². The van der Waals surface area contributed by atoms with Crippen molar-refractivity contribution in [1.29, 1.82) is 5.26 Å². The van der Waals surface area contributed by atoms with Crippen LogP contribution in [0.3, 0.4) is 0 Å². The number of nitrogens with zero attached hydrogens (tertiary/aromatic N) is 1. The van der Waals surface area contributed by atoms with Gasteiger partial charge in [-0.3, -0.25) is 0 Å². The third-order valence-electron chi connectivity index (χ3n) is 0.877. The van der Waals surface area contributed by atoms with E-state index >= 15 is 0 Å². The number of hydrogen-bond donors (Lipinski definition) is 1. The van der Waals surface area contributed by atoms with Crippen molar-refractivity contribution in [3.8, 4) is 6.07 Å². The third kappa shape index (κ3) is 2.38. The first kappa shape index (κ1) is 7.19. The predicted molar refractivity (Wildman–Crippen MR) is 31.1 cm³/mol. The fourth-order valence-corrected chi connectivity index (χ4v) is 0.232. The van der Waals surface area contributed by atoms with Crippen LogP contribution in [0.15, 0.2) is 12.7 Å². The molecule has 1 atom stereocenters. The third-order valence-corrected chi connectivity index (χ3v) is 0.877. The molecule has 0 fully saturated rings. The van der Waals surface area contributed by atoms with Gasteiger partial charge in [0.1, 0.15) is 0 Å². The highest BCUT2D eigenvalue weighted by atomic mass is 16.3. The molecule has 2 nitrogen and oxygen atoms in total. The normalized spacial score (nSPS) is 16.1. The molecule has 0 heterocycles.